The van der Waals surface area contributed by atoms with Crippen molar-refractivity contribution in [3.8, 4) is 11.8 Å². The van der Waals surface area contributed by atoms with Crippen molar-refractivity contribution in [3.63, 3.8) is 0 Å². The van der Waals surface area contributed by atoms with Gasteiger partial charge in [0.05, 0.1) is 32.2 Å². The van der Waals surface area contributed by atoms with E-state index in [9.17, 15) is 4.79 Å². The molecule has 180 valence electrons. The molecule has 1 aliphatic heterocycles. The van der Waals surface area contributed by atoms with Crippen LogP contribution in [-0.4, -0.2) is 80.7 Å². The number of aryl methyl sites for hydroxylation is 2. The quantitative estimate of drug-likeness (QED) is 0.461. The van der Waals surface area contributed by atoms with Crippen molar-refractivity contribution in [3.05, 3.63) is 41.2 Å². The fourth-order valence-corrected chi connectivity index (χ4v) is 4.50. The highest BCUT2D eigenvalue weighted by Crippen LogP contribution is 2.24. The van der Waals surface area contributed by atoms with Gasteiger partial charge >= 0.3 is 0 Å². The van der Waals surface area contributed by atoms with Gasteiger partial charge < -0.3 is 23.8 Å². The molecular weight excluding hydrogens is 456 g/mol. The number of nitrogens with zero attached hydrogens (tertiary/aromatic N) is 8. The molecule has 0 atom stereocenters. The number of aromatic nitrogens is 6. The largest absolute Gasteiger partial charge is 0.481 e. The third kappa shape index (κ3) is 5.22. The van der Waals surface area contributed by atoms with Gasteiger partial charge in [0.2, 0.25) is 17.7 Å². The molecule has 0 bridgehead atoms. The van der Waals surface area contributed by atoms with Gasteiger partial charge in [-0.25, -0.2) is 15.0 Å². The van der Waals surface area contributed by atoms with Crippen LogP contribution in [-0.2, 0) is 12.8 Å². The Hall–Kier alpha value is -3.41. The molecule has 0 radical (unpaired) electrons. The zero-order valence-corrected chi connectivity index (χ0v) is 20.8. The predicted molar refractivity (Wildman–Crippen MR) is 128 cm³/mol. The number of ether oxygens (including phenoxy) is 2. The van der Waals surface area contributed by atoms with E-state index in [0.29, 0.717) is 60.4 Å². The maximum absolute atomic E-state index is 13.2. The van der Waals surface area contributed by atoms with Crippen LogP contribution in [0.25, 0.3) is 0 Å². The Morgan fingerprint density at radius 3 is 2.18 bits per heavy atom. The highest BCUT2D eigenvalue weighted by Gasteiger charge is 2.26. The fourth-order valence-electron chi connectivity index (χ4n) is 3.70. The number of hydrogen-bond donors (Lipinski definition) is 0. The minimum Gasteiger partial charge on any atom is -0.481 e. The molecule has 4 rings (SSSR count). The second-order valence-corrected chi connectivity index (χ2v) is 8.82. The maximum atomic E-state index is 13.2. The molecule has 0 spiro atoms. The molecule has 1 fully saturated rings. The van der Waals surface area contributed by atoms with Crippen LogP contribution in [0.1, 0.15) is 27.7 Å². The Kier molecular flexibility index (Phi) is 7.15. The molecule has 0 saturated carbocycles. The molecule has 0 aliphatic carbocycles. The zero-order valence-electron chi connectivity index (χ0n) is 20.0. The Morgan fingerprint density at radius 2 is 1.59 bits per heavy atom. The number of carbonyl (C=O) groups is 1. The summed E-state index contributed by atoms with van der Waals surface area (Å²) < 4.78 is 12.2. The number of hydrogen-bond acceptors (Lipinski definition) is 10. The summed E-state index contributed by atoms with van der Waals surface area (Å²) in [5.74, 6) is 2.57. The minimum atomic E-state index is -0.0397. The predicted octanol–water partition coefficient (Wildman–Crippen LogP) is 1.89. The molecule has 1 aliphatic rings. The van der Waals surface area contributed by atoms with Gasteiger partial charge in [-0.15, -0.1) is 0 Å². The maximum Gasteiger partial charge on any atom is 0.272 e. The molecule has 1 saturated heterocycles. The molecule has 3 aromatic rings. The molecule has 0 N–H and O–H groups in total. The topological polar surface area (TPSA) is 111 Å². The summed E-state index contributed by atoms with van der Waals surface area (Å²) >= 11 is 1.44. The van der Waals surface area contributed by atoms with E-state index in [2.05, 4.69) is 29.8 Å². The van der Waals surface area contributed by atoms with Crippen LogP contribution in [0.15, 0.2) is 23.5 Å². The first-order valence-electron chi connectivity index (χ1n) is 10.8. The van der Waals surface area contributed by atoms with Gasteiger partial charge in [-0.2, -0.15) is 9.97 Å². The summed E-state index contributed by atoms with van der Waals surface area (Å²) in [6, 6.07) is 3.58. The molecule has 1 amide bonds. The average Bonchev–Trinajstić information content (AvgIpc) is 3.21. The third-order valence-electron chi connectivity index (χ3n) is 5.46. The molecule has 4 heterocycles. The van der Waals surface area contributed by atoms with Crippen LogP contribution >= 0.6 is 11.8 Å². The summed E-state index contributed by atoms with van der Waals surface area (Å²) in [5, 5.41) is 0.705. The van der Waals surface area contributed by atoms with Crippen molar-refractivity contribution in [2.45, 2.75) is 24.8 Å². The number of anilines is 1. The van der Waals surface area contributed by atoms with Gasteiger partial charge in [-0.1, -0.05) is 11.8 Å². The number of imidazole rings is 1. The highest BCUT2D eigenvalue weighted by molar-refractivity contribution is 7.98. The fraction of sp³-hybridized carbons (Fsp3) is 0.455. The molecular formula is C22H28N8O3S. The van der Waals surface area contributed by atoms with Crippen molar-refractivity contribution in [1.29, 1.82) is 0 Å². The van der Waals surface area contributed by atoms with E-state index in [1.165, 1.54) is 11.8 Å². The lowest BCUT2D eigenvalue weighted by Crippen LogP contribution is -2.49. The highest BCUT2D eigenvalue weighted by atomic mass is 32.2. The normalized spacial score (nSPS) is 13.8. The van der Waals surface area contributed by atoms with Crippen molar-refractivity contribution in [2.75, 3.05) is 45.3 Å². The van der Waals surface area contributed by atoms with Gasteiger partial charge in [-0.05, 0) is 19.9 Å². The van der Waals surface area contributed by atoms with Crippen LogP contribution in [0.2, 0.25) is 0 Å². The van der Waals surface area contributed by atoms with E-state index in [1.807, 2.05) is 36.4 Å². The van der Waals surface area contributed by atoms with Crippen LogP contribution in [0.5, 0.6) is 11.8 Å². The lowest BCUT2D eigenvalue weighted by Gasteiger charge is -2.34. The lowest BCUT2D eigenvalue weighted by atomic mass is 10.3. The Bertz CT molecular complexity index is 1130. The summed E-state index contributed by atoms with van der Waals surface area (Å²) in [6.07, 6.45) is 1.62. The first kappa shape index (κ1) is 23.7. The van der Waals surface area contributed by atoms with Crippen molar-refractivity contribution >= 4 is 23.6 Å². The number of amides is 1. The number of methoxy groups -OCH3 is 2. The van der Waals surface area contributed by atoms with Gasteiger partial charge in [0, 0.05) is 44.6 Å². The van der Waals surface area contributed by atoms with E-state index in [0.717, 1.165) is 17.3 Å². The van der Waals surface area contributed by atoms with Gasteiger partial charge in [0.1, 0.15) is 11.5 Å². The standard InChI is InChI=1S/C22H28N8O3S/c1-14-10-15(2)25-21(24-14)30-8-6-29(7-9-30)20(31)16-12-23-22(28(16)3)34-13-17-26-18(32-4)11-19(27-17)33-5/h10-12H,6-9,13H2,1-5H3. The van der Waals surface area contributed by atoms with Crippen molar-refractivity contribution in [1.82, 2.24) is 34.4 Å². The Balaban J connectivity index is 1.38. The SMILES string of the molecule is COc1cc(OC)nc(CSc2ncc(C(=O)N3CCN(c4nc(C)cc(C)n4)CC3)n2C)n1. The van der Waals surface area contributed by atoms with Crippen LogP contribution in [0.3, 0.4) is 0 Å². The smallest absolute Gasteiger partial charge is 0.272 e. The monoisotopic (exact) mass is 484 g/mol. The molecule has 11 nitrogen and oxygen atoms in total. The number of thioether (sulfide) groups is 1. The van der Waals surface area contributed by atoms with Crippen molar-refractivity contribution < 1.29 is 14.3 Å². The zero-order chi connectivity index (χ0) is 24.2. The van der Waals surface area contributed by atoms with E-state index >= 15 is 0 Å². The Morgan fingerprint density at radius 1 is 0.971 bits per heavy atom. The summed E-state index contributed by atoms with van der Waals surface area (Å²) in [4.78, 5) is 39.3. The second kappa shape index (κ2) is 10.2. The van der Waals surface area contributed by atoms with E-state index in [4.69, 9.17) is 9.47 Å². The van der Waals surface area contributed by atoms with E-state index in [1.54, 1.807) is 26.5 Å². The lowest BCUT2D eigenvalue weighted by molar-refractivity contribution is 0.0735. The Labute approximate surface area is 202 Å². The van der Waals surface area contributed by atoms with E-state index < -0.39 is 0 Å². The number of piperazine rings is 1. The first-order valence-corrected chi connectivity index (χ1v) is 11.8. The summed E-state index contributed by atoms with van der Waals surface area (Å²) in [6.45, 7) is 6.49. The average molecular weight is 485 g/mol. The number of carbonyl (C=O) groups excluding carboxylic acids is 1. The van der Waals surface area contributed by atoms with Crippen LogP contribution in [0.4, 0.5) is 5.95 Å². The van der Waals surface area contributed by atoms with Crippen LogP contribution in [0, 0.1) is 13.8 Å². The summed E-state index contributed by atoms with van der Waals surface area (Å²) in [5.41, 5.74) is 2.43. The van der Waals surface area contributed by atoms with Gasteiger partial charge in [0.15, 0.2) is 5.16 Å². The summed E-state index contributed by atoms with van der Waals surface area (Å²) in [7, 11) is 4.93. The first-order chi connectivity index (χ1) is 16.4. The van der Waals surface area contributed by atoms with E-state index in [-0.39, 0.29) is 5.91 Å². The molecule has 3 aromatic heterocycles. The molecule has 34 heavy (non-hydrogen) atoms. The minimum absolute atomic E-state index is 0.0397. The van der Waals surface area contributed by atoms with Gasteiger partial charge in [-0.3, -0.25) is 4.79 Å². The molecule has 0 aromatic carbocycles. The van der Waals surface area contributed by atoms with Gasteiger partial charge in [0.25, 0.3) is 5.91 Å². The van der Waals surface area contributed by atoms with Crippen LogP contribution < -0.4 is 14.4 Å². The third-order valence-corrected chi connectivity index (χ3v) is 6.50. The molecule has 0 unspecified atom stereocenters. The second-order valence-electron chi connectivity index (χ2n) is 7.87. The van der Waals surface area contributed by atoms with Crippen molar-refractivity contribution in [2.24, 2.45) is 7.05 Å². The molecule has 12 heteroatoms. The number of rotatable bonds is 7.